The zero-order valence-electron chi connectivity index (χ0n) is 34.4. The number of rotatable bonds is 14. The average molecular weight is 779 g/mol. The van der Waals surface area contributed by atoms with Gasteiger partial charge in [0.25, 0.3) is 5.91 Å². The van der Waals surface area contributed by atoms with E-state index in [-0.39, 0.29) is 42.6 Å². The van der Waals surface area contributed by atoms with E-state index in [0.29, 0.717) is 49.1 Å². The van der Waals surface area contributed by atoms with Crippen molar-refractivity contribution in [2.24, 2.45) is 17.8 Å². The third-order valence-electron chi connectivity index (χ3n) is 11.3. The van der Waals surface area contributed by atoms with Gasteiger partial charge in [-0.15, -0.1) is 0 Å². The maximum absolute atomic E-state index is 14.1. The highest BCUT2D eigenvalue weighted by Crippen LogP contribution is 2.53. The molecule has 4 atom stereocenters. The normalized spacial score (nSPS) is 20.5. The molecule has 3 fully saturated rings. The molecule has 1 aliphatic carbocycles. The standard InChI is InChI=1S/C41H62N6O7Si/c1-10-11-23-52-39(51)46-21-19-45(20-22-46)38(50)32(17-18-35(48)54-40(2,3)4)43-37(49)33-24-34(44-36(42-33)28-15-13-12-14-16-28)47-25-29-30(26-47)31(29)27-53-55(8,9)41(5,6)7/h12-16,24,29-32H,10-11,17-23,25-27H2,1-9H3,(H,43,49)/t29-,30+,31+,32-/m0/s1. The maximum Gasteiger partial charge on any atom is 0.409 e. The van der Waals surface area contributed by atoms with Gasteiger partial charge in [-0.05, 0) is 69.5 Å². The number of carbonyl (C=O) groups excluding carboxylic acids is 4. The summed E-state index contributed by atoms with van der Waals surface area (Å²) in [6.45, 7) is 22.7. The quantitative estimate of drug-likeness (QED) is 0.135. The van der Waals surface area contributed by atoms with E-state index in [0.717, 1.165) is 38.1 Å². The number of amides is 3. The van der Waals surface area contributed by atoms with Crippen molar-refractivity contribution in [2.45, 2.75) is 104 Å². The maximum atomic E-state index is 14.1. The van der Waals surface area contributed by atoms with Crippen LogP contribution in [0, 0.1) is 17.8 Å². The molecule has 0 radical (unpaired) electrons. The van der Waals surface area contributed by atoms with Crippen LogP contribution in [-0.4, -0.2) is 116 Å². The molecule has 302 valence electrons. The van der Waals surface area contributed by atoms with Crippen molar-refractivity contribution in [3.63, 3.8) is 0 Å². The van der Waals surface area contributed by atoms with Gasteiger partial charge in [-0.2, -0.15) is 0 Å². The van der Waals surface area contributed by atoms with E-state index in [1.165, 1.54) is 0 Å². The lowest BCUT2D eigenvalue weighted by Crippen LogP contribution is -2.56. The van der Waals surface area contributed by atoms with Gasteiger partial charge in [-0.1, -0.05) is 64.4 Å². The fourth-order valence-corrected chi connectivity index (χ4v) is 7.95. The third-order valence-corrected chi connectivity index (χ3v) is 15.8. The van der Waals surface area contributed by atoms with Gasteiger partial charge in [0.2, 0.25) is 5.91 Å². The van der Waals surface area contributed by atoms with E-state index < -0.39 is 37.9 Å². The van der Waals surface area contributed by atoms with E-state index in [2.05, 4.69) is 49.1 Å². The first kappa shape index (κ1) is 42.1. The summed E-state index contributed by atoms with van der Waals surface area (Å²) in [7, 11) is -1.84. The Kier molecular flexibility index (Phi) is 13.3. The highest BCUT2D eigenvalue weighted by molar-refractivity contribution is 6.74. The second-order valence-corrected chi connectivity index (χ2v) is 22.5. The number of benzene rings is 1. The van der Waals surface area contributed by atoms with Gasteiger partial charge >= 0.3 is 12.1 Å². The van der Waals surface area contributed by atoms with Crippen LogP contribution in [0.15, 0.2) is 36.4 Å². The van der Waals surface area contributed by atoms with Crippen molar-refractivity contribution in [1.82, 2.24) is 25.1 Å². The fourth-order valence-electron chi connectivity index (χ4n) is 6.90. The predicted molar refractivity (Wildman–Crippen MR) is 214 cm³/mol. The van der Waals surface area contributed by atoms with Gasteiger partial charge in [-0.25, -0.2) is 14.8 Å². The SMILES string of the molecule is CCCCOC(=O)N1CCN(C(=O)[C@H](CCC(=O)OC(C)(C)C)NC(=O)c2cc(N3C[C@@H]4[C@@H](CO[Si](C)(C)C(C)(C)C)[C@@H]4C3)nc(-c3ccccc3)n2)CC1. The van der Waals surface area contributed by atoms with Gasteiger partial charge in [0.05, 0.1) is 6.61 Å². The summed E-state index contributed by atoms with van der Waals surface area (Å²) in [4.78, 5) is 68.5. The molecule has 13 nitrogen and oxygen atoms in total. The minimum atomic E-state index is -1.84. The molecule has 0 bridgehead atoms. The number of hydrogen-bond donors (Lipinski definition) is 1. The number of ether oxygens (including phenoxy) is 2. The Balaban J connectivity index is 1.31. The smallest absolute Gasteiger partial charge is 0.409 e. The van der Waals surface area contributed by atoms with E-state index in [1.807, 2.05) is 37.3 Å². The van der Waals surface area contributed by atoms with Gasteiger partial charge in [0.1, 0.15) is 23.2 Å². The van der Waals surface area contributed by atoms with Crippen LogP contribution in [0.1, 0.15) is 84.6 Å². The molecule has 3 aliphatic rings. The summed E-state index contributed by atoms with van der Waals surface area (Å²) in [5.41, 5.74) is 0.213. The molecule has 3 amide bonds. The van der Waals surface area contributed by atoms with Crippen LogP contribution in [0.4, 0.5) is 10.6 Å². The highest BCUT2D eigenvalue weighted by Gasteiger charge is 2.56. The van der Waals surface area contributed by atoms with Crippen LogP contribution in [-0.2, 0) is 23.5 Å². The van der Waals surface area contributed by atoms with Crippen LogP contribution < -0.4 is 10.2 Å². The molecule has 55 heavy (non-hydrogen) atoms. The summed E-state index contributed by atoms with van der Waals surface area (Å²) in [6.07, 6.45) is 1.28. The molecule has 0 spiro atoms. The van der Waals surface area contributed by atoms with Gasteiger partial charge in [0, 0.05) is 63.9 Å². The highest BCUT2D eigenvalue weighted by atomic mass is 28.4. The van der Waals surface area contributed by atoms with E-state index >= 15 is 0 Å². The Morgan fingerprint density at radius 3 is 2.16 bits per heavy atom. The van der Waals surface area contributed by atoms with Crippen LogP contribution in [0.3, 0.4) is 0 Å². The van der Waals surface area contributed by atoms with Crippen LogP contribution >= 0.6 is 0 Å². The number of esters is 1. The molecule has 14 heteroatoms. The molecule has 3 heterocycles. The van der Waals surface area contributed by atoms with Crippen LogP contribution in [0.5, 0.6) is 0 Å². The van der Waals surface area contributed by atoms with E-state index in [1.54, 1.807) is 36.6 Å². The first-order valence-electron chi connectivity index (χ1n) is 19.9. The summed E-state index contributed by atoms with van der Waals surface area (Å²) < 4.78 is 17.5. The van der Waals surface area contributed by atoms with Crippen LogP contribution in [0.25, 0.3) is 11.4 Å². The van der Waals surface area contributed by atoms with Gasteiger partial charge in [-0.3, -0.25) is 14.4 Å². The number of aromatic nitrogens is 2. The Morgan fingerprint density at radius 2 is 1.56 bits per heavy atom. The largest absolute Gasteiger partial charge is 0.460 e. The molecule has 1 saturated carbocycles. The molecule has 0 unspecified atom stereocenters. The zero-order valence-corrected chi connectivity index (χ0v) is 35.4. The van der Waals surface area contributed by atoms with Crippen molar-refractivity contribution < 1.29 is 33.1 Å². The molecular formula is C41H62N6O7Si. The Morgan fingerprint density at radius 1 is 0.927 bits per heavy atom. The summed E-state index contributed by atoms with van der Waals surface area (Å²) in [5, 5.41) is 3.08. The predicted octanol–water partition coefficient (Wildman–Crippen LogP) is 6.15. The number of nitrogens with zero attached hydrogens (tertiary/aromatic N) is 5. The third kappa shape index (κ3) is 11.1. The number of fused-ring (bicyclic) bond motifs is 1. The summed E-state index contributed by atoms with van der Waals surface area (Å²) in [6, 6.07) is 10.2. The van der Waals surface area contributed by atoms with Gasteiger partial charge in [0.15, 0.2) is 14.1 Å². The number of piperidine rings is 1. The molecule has 2 aromatic rings. The second kappa shape index (κ2) is 17.4. The van der Waals surface area contributed by atoms with E-state index in [9.17, 15) is 19.2 Å². The number of carbonyl (C=O) groups is 4. The van der Waals surface area contributed by atoms with Gasteiger partial charge < -0.3 is 33.9 Å². The lowest BCUT2D eigenvalue weighted by atomic mass is 10.1. The minimum absolute atomic E-state index is 0.0378. The monoisotopic (exact) mass is 778 g/mol. The van der Waals surface area contributed by atoms with Crippen molar-refractivity contribution in [2.75, 3.05) is 57.4 Å². The Hall–Kier alpha value is -4.04. The Labute approximate surface area is 328 Å². The van der Waals surface area contributed by atoms with Crippen molar-refractivity contribution >= 4 is 38.0 Å². The number of unbranched alkanes of at least 4 members (excludes halogenated alkanes) is 1. The molecule has 2 saturated heterocycles. The number of piperazine rings is 1. The first-order valence-corrected chi connectivity index (χ1v) is 22.8. The average Bonchev–Trinajstić information content (AvgIpc) is 3.58. The molecule has 2 aliphatic heterocycles. The lowest BCUT2D eigenvalue weighted by Gasteiger charge is -2.36. The fraction of sp³-hybridized carbons (Fsp3) is 0.659. The van der Waals surface area contributed by atoms with Crippen LogP contribution in [0.2, 0.25) is 18.1 Å². The topological polar surface area (TPSA) is 144 Å². The van der Waals surface area contributed by atoms with Crippen molar-refractivity contribution in [3.8, 4) is 11.4 Å². The number of anilines is 1. The summed E-state index contributed by atoms with van der Waals surface area (Å²) in [5.74, 6) is 1.28. The zero-order chi connectivity index (χ0) is 40.1. The van der Waals surface area contributed by atoms with Crippen molar-refractivity contribution in [3.05, 3.63) is 42.1 Å². The van der Waals surface area contributed by atoms with E-state index in [4.69, 9.17) is 18.9 Å². The molecule has 1 aromatic heterocycles. The number of nitrogens with one attached hydrogen (secondary N) is 1. The summed E-state index contributed by atoms with van der Waals surface area (Å²) >= 11 is 0. The van der Waals surface area contributed by atoms with Crippen molar-refractivity contribution in [1.29, 1.82) is 0 Å². The Bertz CT molecular complexity index is 1660. The molecule has 5 rings (SSSR count). The first-order chi connectivity index (χ1) is 25.9. The second-order valence-electron chi connectivity index (χ2n) is 17.7. The molecular weight excluding hydrogens is 717 g/mol. The number of hydrogen-bond acceptors (Lipinski definition) is 10. The molecule has 1 N–H and O–H groups in total. The minimum Gasteiger partial charge on any atom is -0.460 e. The lowest BCUT2D eigenvalue weighted by molar-refractivity contribution is -0.155. The molecule has 1 aromatic carbocycles.